The van der Waals surface area contributed by atoms with Crippen molar-refractivity contribution in [2.75, 3.05) is 13.1 Å². The molecule has 1 unspecified atom stereocenters. The maximum absolute atomic E-state index is 12.5. The lowest BCUT2D eigenvalue weighted by atomic mass is 10.0. The van der Waals surface area contributed by atoms with Gasteiger partial charge in [-0.3, -0.25) is 14.2 Å². The van der Waals surface area contributed by atoms with Crippen molar-refractivity contribution in [3.8, 4) is 0 Å². The molecule has 1 fully saturated rings. The van der Waals surface area contributed by atoms with Gasteiger partial charge in [0.2, 0.25) is 5.91 Å². The number of nitrogens with two attached hydrogens (primary N) is 1. The van der Waals surface area contributed by atoms with Crippen LogP contribution in [0.4, 0.5) is 0 Å². The zero-order chi connectivity index (χ0) is 16.4. The van der Waals surface area contributed by atoms with Gasteiger partial charge in [-0.2, -0.15) is 0 Å². The highest BCUT2D eigenvalue weighted by Gasteiger charge is 2.26. The molecule has 1 aromatic heterocycles. The van der Waals surface area contributed by atoms with Crippen LogP contribution in [-0.2, 0) is 11.3 Å². The van der Waals surface area contributed by atoms with Gasteiger partial charge in [-0.25, -0.2) is 4.79 Å². The summed E-state index contributed by atoms with van der Waals surface area (Å²) in [7, 11) is 0. The third-order valence-corrected chi connectivity index (χ3v) is 4.40. The van der Waals surface area contributed by atoms with Gasteiger partial charge in [0.1, 0.15) is 6.54 Å². The van der Waals surface area contributed by atoms with E-state index in [0.717, 1.165) is 23.8 Å². The van der Waals surface area contributed by atoms with E-state index in [1.54, 1.807) is 29.2 Å². The average Bonchev–Trinajstić information content (AvgIpc) is 2.58. The fraction of sp³-hybridized carbons (Fsp3) is 0.438. The van der Waals surface area contributed by atoms with Crippen LogP contribution >= 0.6 is 0 Å². The molecule has 1 atom stereocenters. The van der Waals surface area contributed by atoms with E-state index in [0.29, 0.717) is 24.0 Å². The monoisotopic (exact) mass is 316 g/mol. The van der Waals surface area contributed by atoms with Crippen LogP contribution < -0.4 is 17.0 Å². The summed E-state index contributed by atoms with van der Waals surface area (Å²) in [6.07, 6.45) is 2.83. The number of aromatic amines is 1. The molecule has 7 heteroatoms. The molecule has 2 aromatic rings. The Morgan fingerprint density at radius 3 is 2.83 bits per heavy atom. The highest BCUT2D eigenvalue weighted by atomic mass is 16.2. The fourth-order valence-corrected chi connectivity index (χ4v) is 3.14. The Bertz CT molecular complexity index is 839. The molecule has 1 amide bonds. The Labute approximate surface area is 132 Å². The van der Waals surface area contributed by atoms with Crippen molar-refractivity contribution in [1.82, 2.24) is 14.5 Å². The van der Waals surface area contributed by atoms with Crippen molar-refractivity contribution >= 4 is 16.8 Å². The number of aromatic nitrogens is 2. The molecule has 122 valence electrons. The highest BCUT2D eigenvalue weighted by molar-refractivity contribution is 5.79. The lowest BCUT2D eigenvalue weighted by molar-refractivity contribution is -0.135. The van der Waals surface area contributed by atoms with Crippen molar-refractivity contribution < 1.29 is 4.79 Å². The van der Waals surface area contributed by atoms with Gasteiger partial charge in [0, 0.05) is 19.1 Å². The summed E-state index contributed by atoms with van der Waals surface area (Å²) in [5.41, 5.74) is 5.19. The maximum Gasteiger partial charge on any atom is 0.329 e. The lowest BCUT2D eigenvalue weighted by Gasteiger charge is -2.35. The van der Waals surface area contributed by atoms with Crippen LogP contribution in [0.15, 0.2) is 33.9 Å². The summed E-state index contributed by atoms with van der Waals surface area (Å²) >= 11 is 0. The normalized spacial score (nSPS) is 18.3. The number of benzene rings is 1. The van der Waals surface area contributed by atoms with E-state index in [1.807, 2.05) is 0 Å². The third kappa shape index (κ3) is 2.92. The Morgan fingerprint density at radius 1 is 1.26 bits per heavy atom. The number of nitrogens with zero attached hydrogens (tertiary/aromatic N) is 2. The molecule has 3 N–H and O–H groups in total. The SMILES string of the molecule is NCC1CCCCN1C(=O)Cn1c(=O)[nH]c2ccccc2c1=O. The third-order valence-electron chi connectivity index (χ3n) is 4.40. The zero-order valence-corrected chi connectivity index (χ0v) is 12.8. The molecule has 0 aliphatic carbocycles. The molecule has 0 bridgehead atoms. The molecule has 1 aromatic carbocycles. The second-order valence-electron chi connectivity index (χ2n) is 5.84. The van der Waals surface area contributed by atoms with Crippen LogP contribution in [0.5, 0.6) is 0 Å². The molecule has 0 spiro atoms. The summed E-state index contributed by atoms with van der Waals surface area (Å²) in [6, 6.07) is 6.76. The molecule has 1 aliphatic rings. The molecule has 1 saturated heterocycles. The number of likely N-dealkylation sites (tertiary alicyclic amines) is 1. The van der Waals surface area contributed by atoms with Crippen molar-refractivity contribution in [3.05, 3.63) is 45.1 Å². The molecule has 7 nitrogen and oxygen atoms in total. The molecule has 0 saturated carbocycles. The van der Waals surface area contributed by atoms with Crippen LogP contribution in [0, 0.1) is 0 Å². The average molecular weight is 316 g/mol. The number of rotatable bonds is 3. The van der Waals surface area contributed by atoms with Crippen molar-refractivity contribution in [1.29, 1.82) is 0 Å². The van der Waals surface area contributed by atoms with E-state index in [2.05, 4.69) is 4.98 Å². The Morgan fingerprint density at radius 2 is 2.04 bits per heavy atom. The van der Waals surface area contributed by atoms with Gasteiger partial charge >= 0.3 is 5.69 Å². The van der Waals surface area contributed by atoms with E-state index in [9.17, 15) is 14.4 Å². The lowest BCUT2D eigenvalue weighted by Crippen LogP contribution is -2.50. The van der Waals surface area contributed by atoms with Crippen LogP contribution in [0.3, 0.4) is 0 Å². The predicted molar refractivity (Wildman–Crippen MR) is 87.2 cm³/mol. The quantitative estimate of drug-likeness (QED) is 0.834. The first kappa shape index (κ1) is 15.5. The second kappa shape index (κ2) is 6.37. The minimum absolute atomic E-state index is 0.00788. The van der Waals surface area contributed by atoms with Crippen molar-refractivity contribution in [2.45, 2.75) is 31.8 Å². The van der Waals surface area contributed by atoms with Gasteiger partial charge < -0.3 is 15.6 Å². The topological polar surface area (TPSA) is 101 Å². The molecule has 2 heterocycles. The number of fused-ring (bicyclic) bond motifs is 1. The summed E-state index contributed by atoms with van der Waals surface area (Å²) in [4.78, 5) is 41.5. The Balaban J connectivity index is 1.93. The first-order valence-corrected chi connectivity index (χ1v) is 7.83. The van der Waals surface area contributed by atoms with Gasteiger partial charge in [-0.1, -0.05) is 12.1 Å². The molecule has 3 rings (SSSR count). The number of nitrogens with one attached hydrogen (secondary N) is 1. The number of hydrogen-bond acceptors (Lipinski definition) is 4. The highest BCUT2D eigenvalue weighted by Crippen LogP contribution is 2.16. The fourth-order valence-electron chi connectivity index (χ4n) is 3.14. The zero-order valence-electron chi connectivity index (χ0n) is 12.8. The molecular weight excluding hydrogens is 296 g/mol. The first-order valence-electron chi connectivity index (χ1n) is 7.83. The molecular formula is C16H20N4O3. The van der Waals surface area contributed by atoms with Crippen LogP contribution in [-0.4, -0.2) is 39.5 Å². The van der Waals surface area contributed by atoms with E-state index in [4.69, 9.17) is 5.73 Å². The van der Waals surface area contributed by atoms with E-state index in [1.165, 1.54) is 0 Å². The van der Waals surface area contributed by atoms with E-state index < -0.39 is 11.2 Å². The number of H-pyrrole nitrogens is 1. The number of piperidine rings is 1. The van der Waals surface area contributed by atoms with Crippen LogP contribution in [0.25, 0.3) is 10.9 Å². The van der Waals surface area contributed by atoms with Crippen molar-refractivity contribution in [2.24, 2.45) is 5.73 Å². The first-order chi connectivity index (χ1) is 11.1. The maximum atomic E-state index is 12.5. The van der Waals surface area contributed by atoms with Gasteiger partial charge in [0.25, 0.3) is 5.56 Å². The summed E-state index contributed by atoms with van der Waals surface area (Å²) in [5, 5.41) is 0.397. The second-order valence-corrected chi connectivity index (χ2v) is 5.84. The Kier molecular flexibility index (Phi) is 4.29. The van der Waals surface area contributed by atoms with E-state index >= 15 is 0 Å². The van der Waals surface area contributed by atoms with E-state index in [-0.39, 0.29) is 18.5 Å². The molecule has 23 heavy (non-hydrogen) atoms. The number of para-hydroxylation sites is 1. The predicted octanol–water partition coefficient (Wildman–Crippen LogP) is 0.0296. The number of carbonyl (C=O) groups excluding carboxylic acids is 1. The van der Waals surface area contributed by atoms with Gasteiger partial charge in [0.05, 0.1) is 10.9 Å². The van der Waals surface area contributed by atoms with Gasteiger partial charge in [-0.15, -0.1) is 0 Å². The minimum atomic E-state index is -0.566. The minimum Gasteiger partial charge on any atom is -0.337 e. The number of carbonyl (C=O) groups is 1. The summed E-state index contributed by atoms with van der Waals surface area (Å²) in [6.45, 7) is 0.769. The molecule has 1 aliphatic heterocycles. The standard InChI is InChI=1S/C16H20N4O3/c17-9-11-5-3-4-8-19(11)14(21)10-20-15(22)12-6-1-2-7-13(12)18-16(20)23/h1-2,6-7,11H,3-5,8-10,17H2,(H,18,23). The number of hydrogen-bond donors (Lipinski definition) is 2. The smallest absolute Gasteiger partial charge is 0.329 e. The summed E-state index contributed by atoms with van der Waals surface area (Å²) < 4.78 is 0.965. The number of amides is 1. The summed E-state index contributed by atoms with van der Waals surface area (Å²) in [5.74, 6) is -0.233. The van der Waals surface area contributed by atoms with Gasteiger partial charge in [-0.05, 0) is 31.4 Å². The van der Waals surface area contributed by atoms with Crippen molar-refractivity contribution in [3.63, 3.8) is 0 Å². The molecule has 0 radical (unpaired) electrons. The van der Waals surface area contributed by atoms with Gasteiger partial charge in [0.15, 0.2) is 0 Å². The Hall–Kier alpha value is -2.41. The van der Waals surface area contributed by atoms with Crippen LogP contribution in [0.2, 0.25) is 0 Å². The van der Waals surface area contributed by atoms with Crippen LogP contribution in [0.1, 0.15) is 19.3 Å². The largest absolute Gasteiger partial charge is 0.337 e.